The van der Waals surface area contributed by atoms with Gasteiger partial charge in [-0.3, -0.25) is 4.90 Å². The quantitative estimate of drug-likeness (QED) is 0.748. The van der Waals surface area contributed by atoms with Gasteiger partial charge in [0.1, 0.15) is 0 Å². The second-order valence-corrected chi connectivity index (χ2v) is 4.92. The first-order valence-corrected chi connectivity index (χ1v) is 6.10. The third kappa shape index (κ3) is 2.96. The lowest BCUT2D eigenvalue weighted by atomic mass is 9.98. The Bertz CT molecular complexity index is 170. The van der Waals surface area contributed by atoms with Gasteiger partial charge in [0.2, 0.25) is 0 Å². The van der Waals surface area contributed by atoms with Crippen molar-refractivity contribution in [3.63, 3.8) is 0 Å². The fourth-order valence-corrected chi connectivity index (χ4v) is 2.13. The van der Waals surface area contributed by atoms with Crippen LogP contribution in [0, 0.1) is 0 Å². The van der Waals surface area contributed by atoms with Crippen molar-refractivity contribution in [1.29, 1.82) is 0 Å². The first kappa shape index (κ1) is 12.0. The molecule has 2 atom stereocenters. The molecule has 0 amide bonds. The van der Waals surface area contributed by atoms with Crippen LogP contribution in [0.4, 0.5) is 0 Å². The van der Waals surface area contributed by atoms with Crippen LogP contribution in [-0.2, 0) is 0 Å². The van der Waals surface area contributed by atoms with E-state index in [9.17, 15) is 0 Å². The van der Waals surface area contributed by atoms with Gasteiger partial charge in [0, 0.05) is 18.1 Å². The Hall–Kier alpha value is -0.0800. The van der Waals surface area contributed by atoms with Crippen LogP contribution in [0.25, 0.3) is 0 Å². The minimum absolute atomic E-state index is 0.333. The lowest BCUT2D eigenvalue weighted by Gasteiger charge is -2.35. The van der Waals surface area contributed by atoms with Crippen LogP contribution < -0.4 is 5.32 Å². The molecule has 0 aromatic rings. The minimum Gasteiger partial charge on any atom is -0.310 e. The minimum atomic E-state index is 0.333. The van der Waals surface area contributed by atoms with Gasteiger partial charge in [-0.2, -0.15) is 0 Å². The molecule has 1 saturated heterocycles. The summed E-state index contributed by atoms with van der Waals surface area (Å²) in [5.74, 6) is 0. The van der Waals surface area contributed by atoms with E-state index in [0.717, 1.165) is 6.04 Å². The monoisotopic (exact) mass is 198 g/mol. The topological polar surface area (TPSA) is 15.3 Å². The highest BCUT2D eigenvalue weighted by atomic mass is 15.2. The zero-order chi connectivity index (χ0) is 10.6. The molecule has 1 rings (SSSR count). The molecule has 1 aliphatic heterocycles. The van der Waals surface area contributed by atoms with Crippen LogP contribution in [0.5, 0.6) is 0 Å². The molecule has 0 aromatic carbocycles. The molecule has 14 heavy (non-hydrogen) atoms. The van der Waals surface area contributed by atoms with E-state index in [1.54, 1.807) is 0 Å². The summed E-state index contributed by atoms with van der Waals surface area (Å²) < 4.78 is 0. The van der Waals surface area contributed by atoms with Crippen molar-refractivity contribution in [2.45, 2.75) is 58.5 Å². The van der Waals surface area contributed by atoms with E-state index in [2.05, 4.69) is 37.9 Å². The third-order valence-corrected chi connectivity index (χ3v) is 3.72. The highest BCUT2D eigenvalue weighted by molar-refractivity contribution is 4.89. The van der Waals surface area contributed by atoms with Gasteiger partial charge in [-0.1, -0.05) is 13.8 Å². The third-order valence-electron chi connectivity index (χ3n) is 3.72. The Balaban J connectivity index is 2.59. The molecule has 0 bridgehead atoms. The van der Waals surface area contributed by atoms with Crippen molar-refractivity contribution in [2.24, 2.45) is 0 Å². The molecule has 0 radical (unpaired) electrons. The van der Waals surface area contributed by atoms with E-state index in [1.165, 1.54) is 38.9 Å². The second kappa shape index (κ2) is 5.13. The number of hydrogen-bond donors (Lipinski definition) is 1. The van der Waals surface area contributed by atoms with Gasteiger partial charge in [-0.25, -0.2) is 0 Å². The molecule has 84 valence electrons. The highest BCUT2D eigenvalue weighted by Gasteiger charge is 2.28. The summed E-state index contributed by atoms with van der Waals surface area (Å²) in [6, 6.07) is 0.737. The first-order valence-electron chi connectivity index (χ1n) is 6.10. The molecule has 2 heteroatoms. The lowest BCUT2D eigenvalue weighted by Crippen LogP contribution is -2.50. The Morgan fingerprint density at radius 2 is 2.14 bits per heavy atom. The molecule has 2 nitrogen and oxygen atoms in total. The predicted octanol–water partition coefficient (Wildman–Crippen LogP) is 2.25. The summed E-state index contributed by atoms with van der Waals surface area (Å²) in [6.07, 6.45) is 3.78. The van der Waals surface area contributed by atoms with Crippen LogP contribution in [0.1, 0.15) is 47.0 Å². The molecule has 1 N–H and O–H groups in total. The van der Waals surface area contributed by atoms with Gasteiger partial charge < -0.3 is 5.32 Å². The molecule has 1 heterocycles. The predicted molar refractivity (Wildman–Crippen MR) is 62.6 cm³/mol. The van der Waals surface area contributed by atoms with Crippen molar-refractivity contribution in [3.05, 3.63) is 0 Å². The van der Waals surface area contributed by atoms with Crippen LogP contribution in [-0.4, -0.2) is 36.1 Å². The zero-order valence-electron chi connectivity index (χ0n) is 10.3. The van der Waals surface area contributed by atoms with E-state index in [4.69, 9.17) is 0 Å². The number of rotatable bonds is 3. The Labute approximate surface area is 89.1 Å². The average Bonchev–Trinajstić information content (AvgIpc) is 2.40. The van der Waals surface area contributed by atoms with E-state index in [-0.39, 0.29) is 0 Å². The highest BCUT2D eigenvalue weighted by Crippen LogP contribution is 2.17. The van der Waals surface area contributed by atoms with Gasteiger partial charge in [-0.15, -0.1) is 0 Å². The summed E-state index contributed by atoms with van der Waals surface area (Å²) in [7, 11) is 0. The normalized spacial score (nSPS) is 32.6. The van der Waals surface area contributed by atoms with Crippen molar-refractivity contribution < 1.29 is 0 Å². The lowest BCUT2D eigenvalue weighted by molar-refractivity contribution is 0.165. The van der Waals surface area contributed by atoms with Crippen molar-refractivity contribution in [3.8, 4) is 0 Å². The van der Waals surface area contributed by atoms with Crippen LogP contribution >= 0.6 is 0 Å². The van der Waals surface area contributed by atoms with Gasteiger partial charge in [-0.05, 0) is 46.2 Å². The standard InChI is InChI=1S/C12H26N2/c1-5-11(3)14-9-7-8-13-12(4,6-2)10-14/h11,13H,5-10H2,1-4H3. The average molecular weight is 198 g/mol. The zero-order valence-corrected chi connectivity index (χ0v) is 10.3. The number of nitrogens with one attached hydrogen (secondary N) is 1. The Kier molecular flexibility index (Phi) is 4.39. The molecular formula is C12H26N2. The maximum Gasteiger partial charge on any atom is 0.0277 e. The first-order chi connectivity index (χ1) is 6.61. The maximum atomic E-state index is 3.67. The molecule has 0 aliphatic carbocycles. The van der Waals surface area contributed by atoms with E-state index < -0.39 is 0 Å². The summed E-state index contributed by atoms with van der Waals surface area (Å²) in [5, 5.41) is 3.67. The van der Waals surface area contributed by atoms with Crippen molar-refractivity contribution in [1.82, 2.24) is 10.2 Å². The van der Waals surface area contributed by atoms with E-state index in [1.807, 2.05) is 0 Å². The van der Waals surface area contributed by atoms with Gasteiger partial charge in [0.25, 0.3) is 0 Å². The summed E-state index contributed by atoms with van der Waals surface area (Å²) in [5.41, 5.74) is 0.333. The number of nitrogens with zero attached hydrogens (tertiary/aromatic N) is 1. The fraction of sp³-hybridized carbons (Fsp3) is 1.00. The SMILES string of the molecule is CCC(C)N1CCCNC(C)(CC)C1. The largest absolute Gasteiger partial charge is 0.310 e. The van der Waals surface area contributed by atoms with E-state index in [0.29, 0.717) is 5.54 Å². The summed E-state index contributed by atoms with van der Waals surface area (Å²) >= 11 is 0. The molecule has 0 saturated carbocycles. The van der Waals surface area contributed by atoms with Crippen LogP contribution in [0.3, 0.4) is 0 Å². The molecule has 2 unspecified atom stereocenters. The second-order valence-electron chi connectivity index (χ2n) is 4.92. The number of hydrogen-bond acceptors (Lipinski definition) is 2. The van der Waals surface area contributed by atoms with Crippen molar-refractivity contribution in [2.75, 3.05) is 19.6 Å². The van der Waals surface area contributed by atoms with E-state index >= 15 is 0 Å². The maximum absolute atomic E-state index is 3.67. The summed E-state index contributed by atoms with van der Waals surface area (Å²) in [4.78, 5) is 2.64. The smallest absolute Gasteiger partial charge is 0.0277 e. The van der Waals surface area contributed by atoms with Crippen LogP contribution in [0.2, 0.25) is 0 Å². The summed E-state index contributed by atoms with van der Waals surface area (Å²) in [6.45, 7) is 12.9. The Morgan fingerprint density at radius 1 is 1.43 bits per heavy atom. The van der Waals surface area contributed by atoms with Crippen LogP contribution in [0.15, 0.2) is 0 Å². The molecule has 0 spiro atoms. The fourth-order valence-electron chi connectivity index (χ4n) is 2.13. The Morgan fingerprint density at radius 3 is 2.71 bits per heavy atom. The van der Waals surface area contributed by atoms with Gasteiger partial charge in [0.15, 0.2) is 0 Å². The van der Waals surface area contributed by atoms with Crippen molar-refractivity contribution >= 4 is 0 Å². The van der Waals surface area contributed by atoms with Gasteiger partial charge in [0.05, 0.1) is 0 Å². The molecule has 0 aromatic heterocycles. The molecular weight excluding hydrogens is 172 g/mol. The van der Waals surface area contributed by atoms with Gasteiger partial charge >= 0.3 is 0 Å². The molecule has 1 aliphatic rings. The molecule has 1 fully saturated rings.